The molecule has 1 fully saturated rings. The summed E-state index contributed by atoms with van der Waals surface area (Å²) in [5.74, 6) is 1.25. The van der Waals surface area contributed by atoms with Crippen molar-refractivity contribution in [3.05, 3.63) is 58.1 Å². The van der Waals surface area contributed by atoms with E-state index >= 15 is 0 Å². The lowest BCUT2D eigenvalue weighted by molar-refractivity contribution is 0.0729. The quantitative estimate of drug-likeness (QED) is 0.740. The van der Waals surface area contributed by atoms with Crippen LogP contribution in [-0.4, -0.2) is 31.1 Å². The number of amides is 1. The van der Waals surface area contributed by atoms with Gasteiger partial charge in [0.2, 0.25) is 0 Å². The highest BCUT2D eigenvalue weighted by molar-refractivity contribution is 9.10. The Morgan fingerprint density at radius 2 is 1.79 bits per heavy atom. The number of methoxy groups -OCH3 is 2. The van der Waals surface area contributed by atoms with Crippen molar-refractivity contribution >= 4 is 21.8 Å². The second-order valence-electron chi connectivity index (χ2n) is 5.90. The van der Waals surface area contributed by atoms with Gasteiger partial charge in [0.05, 0.1) is 14.2 Å². The molecule has 1 amide bonds. The number of hydrogen-bond acceptors (Lipinski definition) is 3. The molecule has 3 rings (SSSR count). The smallest absolute Gasteiger partial charge is 0.254 e. The Morgan fingerprint density at radius 1 is 1.12 bits per heavy atom. The van der Waals surface area contributed by atoms with Crippen LogP contribution in [0.5, 0.6) is 11.5 Å². The summed E-state index contributed by atoms with van der Waals surface area (Å²) in [6.07, 6.45) is 2.11. The van der Waals surface area contributed by atoms with Crippen molar-refractivity contribution in [1.82, 2.24) is 4.90 Å². The van der Waals surface area contributed by atoms with Crippen LogP contribution < -0.4 is 9.47 Å². The lowest BCUT2D eigenvalue weighted by Gasteiger charge is -2.23. The Balaban J connectivity index is 1.87. The number of ether oxygens (including phenoxy) is 2. The van der Waals surface area contributed by atoms with E-state index in [2.05, 4.69) is 22.0 Å². The van der Waals surface area contributed by atoms with E-state index in [-0.39, 0.29) is 5.91 Å². The first-order valence-electron chi connectivity index (χ1n) is 7.89. The van der Waals surface area contributed by atoms with E-state index in [0.717, 1.165) is 22.9 Å². The molecule has 2 aromatic rings. The minimum absolute atomic E-state index is 0.00896. The molecule has 0 N–H and O–H groups in total. The van der Waals surface area contributed by atoms with Crippen molar-refractivity contribution < 1.29 is 14.3 Å². The number of hydrogen-bond donors (Lipinski definition) is 0. The fourth-order valence-electron chi connectivity index (χ4n) is 2.68. The number of benzene rings is 2. The summed E-state index contributed by atoms with van der Waals surface area (Å²) in [6, 6.07) is 13.7. The molecular weight excluding hydrogens is 370 g/mol. The van der Waals surface area contributed by atoms with Crippen molar-refractivity contribution in [2.24, 2.45) is 0 Å². The molecule has 0 heterocycles. The predicted octanol–water partition coefficient (Wildman–Crippen LogP) is 4.27. The number of halogens is 1. The number of nitrogens with zero attached hydrogens (tertiary/aromatic N) is 1. The number of carbonyl (C=O) groups excluding carboxylic acids is 1. The third kappa shape index (κ3) is 3.90. The first-order valence-corrected chi connectivity index (χ1v) is 8.68. The first-order chi connectivity index (χ1) is 11.6. The highest BCUT2D eigenvalue weighted by Crippen LogP contribution is 2.32. The largest absolute Gasteiger partial charge is 0.497 e. The fraction of sp³-hybridized carbons (Fsp3) is 0.316. The van der Waals surface area contributed by atoms with Gasteiger partial charge in [-0.25, -0.2) is 0 Å². The maximum atomic E-state index is 13.1. The van der Waals surface area contributed by atoms with Crippen molar-refractivity contribution in [3.8, 4) is 11.5 Å². The zero-order valence-corrected chi connectivity index (χ0v) is 15.4. The van der Waals surface area contributed by atoms with Gasteiger partial charge in [-0.15, -0.1) is 0 Å². The van der Waals surface area contributed by atoms with Gasteiger partial charge in [0.15, 0.2) is 0 Å². The topological polar surface area (TPSA) is 38.8 Å². The van der Waals surface area contributed by atoms with E-state index in [1.807, 2.05) is 23.1 Å². The molecule has 2 aromatic carbocycles. The third-order valence-electron chi connectivity index (χ3n) is 4.09. The summed E-state index contributed by atoms with van der Waals surface area (Å²) in [4.78, 5) is 15.0. The maximum absolute atomic E-state index is 13.1. The van der Waals surface area contributed by atoms with Gasteiger partial charge in [0.1, 0.15) is 11.5 Å². The lowest BCUT2D eigenvalue weighted by Crippen LogP contribution is -2.32. The average molecular weight is 390 g/mol. The van der Waals surface area contributed by atoms with Crippen LogP contribution in [0.2, 0.25) is 0 Å². The van der Waals surface area contributed by atoms with E-state index in [4.69, 9.17) is 9.47 Å². The summed E-state index contributed by atoms with van der Waals surface area (Å²) in [7, 11) is 3.17. The lowest BCUT2D eigenvalue weighted by atomic mass is 10.1. The van der Waals surface area contributed by atoms with Crippen LogP contribution >= 0.6 is 15.9 Å². The SMILES string of the molecule is COc1cc(OC)cc(C(=O)N(Cc2cccc(Br)c2)C2CC2)c1. The van der Waals surface area contributed by atoms with Gasteiger partial charge in [-0.05, 0) is 42.7 Å². The molecule has 4 nitrogen and oxygen atoms in total. The Bertz CT molecular complexity index is 721. The summed E-state index contributed by atoms with van der Waals surface area (Å²) in [5.41, 5.74) is 1.70. The Kier molecular flexibility index (Phi) is 5.09. The van der Waals surface area contributed by atoms with Gasteiger partial charge in [0.25, 0.3) is 5.91 Å². The van der Waals surface area contributed by atoms with Gasteiger partial charge >= 0.3 is 0 Å². The summed E-state index contributed by atoms with van der Waals surface area (Å²) in [6.45, 7) is 0.600. The van der Waals surface area contributed by atoms with Crippen LogP contribution in [0.15, 0.2) is 46.9 Å². The monoisotopic (exact) mass is 389 g/mol. The van der Waals surface area contributed by atoms with Crippen molar-refractivity contribution in [2.75, 3.05) is 14.2 Å². The van der Waals surface area contributed by atoms with E-state index in [1.54, 1.807) is 32.4 Å². The molecule has 0 atom stereocenters. The highest BCUT2D eigenvalue weighted by Gasteiger charge is 2.33. The van der Waals surface area contributed by atoms with Crippen LogP contribution in [0.1, 0.15) is 28.8 Å². The summed E-state index contributed by atoms with van der Waals surface area (Å²) in [5, 5.41) is 0. The zero-order valence-electron chi connectivity index (χ0n) is 13.8. The summed E-state index contributed by atoms with van der Waals surface area (Å²) < 4.78 is 11.6. The summed E-state index contributed by atoms with van der Waals surface area (Å²) >= 11 is 3.49. The maximum Gasteiger partial charge on any atom is 0.254 e. The van der Waals surface area contributed by atoms with E-state index in [9.17, 15) is 4.79 Å². The van der Waals surface area contributed by atoms with Gasteiger partial charge in [0, 0.05) is 28.7 Å². The molecule has 0 bridgehead atoms. The minimum Gasteiger partial charge on any atom is -0.497 e. The fourth-order valence-corrected chi connectivity index (χ4v) is 3.13. The molecular formula is C19H20BrNO3. The van der Waals surface area contributed by atoms with Crippen molar-refractivity contribution in [1.29, 1.82) is 0 Å². The molecule has 0 spiro atoms. The van der Waals surface area contributed by atoms with Crippen LogP contribution in [0.3, 0.4) is 0 Å². The first kappa shape index (κ1) is 16.8. The van der Waals surface area contributed by atoms with Gasteiger partial charge in [-0.3, -0.25) is 4.79 Å². The van der Waals surface area contributed by atoms with Gasteiger partial charge in [-0.2, -0.15) is 0 Å². The van der Waals surface area contributed by atoms with Gasteiger partial charge < -0.3 is 14.4 Å². The van der Waals surface area contributed by atoms with Crippen molar-refractivity contribution in [2.45, 2.75) is 25.4 Å². The van der Waals surface area contributed by atoms with Crippen LogP contribution in [0.4, 0.5) is 0 Å². The van der Waals surface area contributed by atoms with Crippen LogP contribution in [0.25, 0.3) is 0 Å². The molecule has 1 aliphatic carbocycles. The second kappa shape index (κ2) is 7.26. The Labute approximate surface area is 150 Å². The Hall–Kier alpha value is -2.01. The predicted molar refractivity (Wildman–Crippen MR) is 96.6 cm³/mol. The van der Waals surface area contributed by atoms with Gasteiger partial charge in [-0.1, -0.05) is 28.1 Å². The number of carbonyl (C=O) groups is 1. The number of rotatable bonds is 6. The van der Waals surface area contributed by atoms with Crippen LogP contribution in [-0.2, 0) is 6.54 Å². The molecule has 0 saturated heterocycles. The molecule has 0 unspecified atom stereocenters. The third-order valence-corrected chi connectivity index (χ3v) is 4.58. The molecule has 126 valence electrons. The molecule has 0 aliphatic heterocycles. The zero-order chi connectivity index (χ0) is 17.1. The molecule has 0 aromatic heterocycles. The van der Waals surface area contributed by atoms with E-state index in [0.29, 0.717) is 29.6 Å². The minimum atomic E-state index is 0.00896. The van der Waals surface area contributed by atoms with Crippen LogP contribution in [0, 0.1) is 0 Å². The van der Waals surface area contributed by atoms with E-state index < -0.39 is 0 Å². The molecule has 5 heteroatoms. The average Bonchev–Trinajstić information content (AvgIpc) is 3.43. The second-order valence-corrected chi connectivity index (χ2v) is 6.81. The molecule has 24 heavy (non-hydrogen) atoms. The van der Waals surface area contributed by atoms with Crippen molar-refractivity contribution in [3.63, 3.8) is 0 Å². The van der Waals surface area contributed by atoms with E-state index in [1.165, 1.54) is 0 Å². The normalized spacial score (nSPS) is 13.5. The molecule has 0 radical (unpaired) electrons. The molecule has 1 saturated carbocycles. The Morgan fingerprint density at radius 3 is 2.33 bits per heavy atom. The standard InChI is InChI=1S/C19H20BrNO3/c1-23-17-9-14(10-18(11-17)24-2)19(22)21(16-6-7-16)12-13-4-3-5-15(20)8-13/h3-5,8-11,16H,6-7,12H2,1-2H3. The molecule has 1 aliphatic rings. The highest BCUT2D eigenvalue weighted by atomic mass is 79.9.